The van der Waals surface area contributed by atoms with Crippen LogP contribution in [0.3, 0.4) is 0 Å². The molecule has 0 bridgehead atoms. The van der Waals surface area contributed by atoms with E-state index < -0.39 is 5.91 Å². The number of hydrogen-bond donors (Lipinski definition) is 1. The van der Waals surface area contributed by atoms with Gasteiger partial charge in [-0.1, -0.05) is 40.2 Å². The molecule has 0 spiro atoms. The van der Waals surface area contributed by atoms with E-state index in [9.17, 15) is 14.4 Å². The van der Waals surface area contributed by atoms with Gasteiger partial charge < -0.3 is 10.2 Å². The van der Waals surface area contributed by atoms with Crippen LogP contribution in [0.25, 0.3) is 28.0 Å². The Morgan fingerprint density at radius 1 is 1.02 bits per heavy atom. The molecule has 0 aliphatic carbocycles. The third-order valence-electron chi connectivity index (χ3n) is 8.87. The van der Waals surface area contributed by atoms with Crippen LogP contribution in [0, 0.1) is 6.92 Å². The van der Waals surface area contributed by atoms with Crippen molar-refractivity contribution >= 4 is 38.6 Å². The van der Waals surface area contributed by atoms with Gasteiger partial charge in [-0.3, -0.25) is 23.4 Å². The summed E-state index contributed by atoms with van der Waals surface area (Å²) in [4.78, 5) is 52.9. The Morgan fingerprint density at radius 3 is 2.58 bits per heavy atom. The fourth-order valence-electron chi connectivity index (χ4n) is 6.36. The van der Waals surface area contributed by atoms with Gasteiger partial charge >= 0.3 is 5.69 Å². The van der Waals surface area contributed by atoms with E-state index in [0.29, 0.717) is 29.3 Å². The molecule has 7 rings (SSSR count). The SMILES string of the molecule is CCn1ncc2cc(-n3c(C(=O)NCc4ccccc4-c4ncccn4)c4n(c3=O)C[C@H](C)N(C(=O)c3ccc(Br)c(C)c3)C4)ccc21. The summed E-state index contributed by atoms with van der Waals surface area (Å²) < 4.78 is 5.88. The Bertz CT molecular complexity index is 2260. The quantitative estimate of drug-likeness (QED) is 0.234. The van der Waals surface area contributed by atoms with Crippen LogP contribution in [0.15, 0.2) is 94.6 Å². The molecule has 0 fully saturated rings. The normalized spacial score (nSPS) is 14.2. The number of nitrogens with one attached hydrogen (secondary N) is 1. The van der Waals surface area contributed by atoms with Crippen molar-refractivity contribution in [2.24, 2.45) is 0 Å². The number of fused-ring (bicyclic) bond motifs is 2. The summed E-state index contributed by atoms with van der Waals surface area (Å²) in [6.07, 6.45) is 5.11. The molecule has 1 aliphatic rings. The number of aromatic nitrogens is 6. The molecule has 1 atom stereocenters. The van der Waals surface area contributed by atoms with Gasteiger partial charge in [0.05, 0.1) is 29.6 Å². The number of rotatable bonds is 7. The molecule has 0 unspecified atom stereocenters. The van der Waals surface area contributed by atoms with Gasteiger partial charge in [-0.25, -0.2) is 14.8 Å². The Morgan fingerprint density at radius 2 is 1.81 bits per heavy atom. The van der Waals surface area contributed by atoms with E-state index >= 15 is 0 Å². The highest BCUT2D eigenvalue weighted by molar-refractivity contribution is 9.10. The number of nitrogens with zero attached hydrogens (tertiary/aromatic N) is 7. The summed E-state index contributed by atoms with van der Waals surface area (Å²) in [6.45, 7) is 7.07. The molecule has 11 nitrogen and oxygen atoms in total. The van der Waals surface area contributed by atoms with Crippen LogP contribution < -0.4 is 11.0 Å². The van der Waals surface area contributed by atoms with Gasteiger partial charge in [0.15, 0.2) is 5.82 Å². The number of imidazole rings is 1. The van der Waals surface area contributed by atoms with Crippen molar-refractivity contribution in [2.75, 3.05) is 0 Å². The molecule has 1 aliphatic heterocycles. The molecular formula is C36H33BrN8O3. The van der Waals surface area contributed by atoms with Crippen molar-refractivity contribution in [1.29, 1.82) is 0 Å². The summed E-state index contributed by atoms with van der Waals surface area (Å²) in [6, 6.07) is 20.2. The summed E-state index contributed by atoms with van der Waals surface area (Å²) in [5, 5.41) is 8.37. The second-order valence-corrected chi connectivity index (χ2v) is 12.7. The molecule has 1 N–H and O–H groups in total. The fourth-order valence-corrected chi connectivity index (χ4v) is 6.61. The topological polar surface area (TPSA) is 120 Å². The predicted octanol–water partition coefficient (Wildman–Crippen LogP) is 5.51. The highest BCUT2D eigenvalue weighted by Gasteiger charge is 2.35. The zero-order chi connectivity index (χ0) is 33.5. The molecule has 0 saturated heterocycles. The standard InChI is InChI=1S/C36H33BrN8O3/c1-4-44-30-13-11-27(17-26(30)19-41-44)45-32(34(46)40-18-25-8-5-6-9-28(25)33-38-14-7-15-39-33)31-21-42(23(3)20-43(31)36(45)48)35(47)24-10-12-29(37)22(2)16-24/h5-17,19,23H,4,18,20-21H2,1-3H3,(H,40,46)/t23-/m0/s1. The summed E-state index contributed by atoms with van der Waals surface area (Å²) in [7, 11) is 0. The Balaban J connectivity index is 1.30. The first-order valence-electron chi connectivity index (χ1n) is 15.8. The van der Waals surface area contributed by atoms with Gasteiger partial charge in [0.1, 0.15) is 5.69 Å². The Kier molecular flexibility index (Phi) is 8.26. The summed E-state index contributed by atoms with van der Waals surface area (Å²) in [5.74, 6) is -0.0516. The van der Waals surface area contributed by atoms with Crippen LogP contribution in [0.5, 0.6) is 0 Å². The van der Waals surface area contributed by atoms with E-state index in [1.165, 1.54) is 4.57 Å². The molecule has 242 valence electrons. The van der Waals surface area contributed by atoms with E-state index in [1.54, 1.807) is 40.2 Å². The zero-order valence-electron chi connectivity index (χ0n) is 26.7. The van der Waals surface area contributed by atoms with Crippen LogP contribution in [0.4, 0.5) is 0 Å². The molecule has 0 saturated carbocycles. The van der Waals surface area contributed by atoms with Crippen molar-refractivity contribution in [3.63, 3.8) is 0 Å². The zero-order valence-corrected chi connectivity index (χ0v) is 28.3. The number of carbonyl (C=O) groups is 2. The van der Waals surface area contributed by atoms with Crippen molar-refractivity contribution < 1.29 is 9.59 Å². The maximum atomic E-state index is 14.3. The highest BCUT2D eigenvalue weighted by atomic mass is 79.9. The van der Waals surface area contributed by atoms with Crippen LogP contribution in [0.1, 0.15) is 51.5 Å². The van der Waals surface area contributed by atoms with Crippen LogP contribution in [0.2, 0.25) is 0 Å². The summed E-state index contributed by atoms with van der Waals surface area (Å²) in [5.41, 5.74) is 4.90. The van der Waals surface area contributed by atoms with Crippen molar-refractivity contribution in [3.8, 4) is 17.1 Å². The lowest BCUT2D eigenvalue weighted by Crippen LogP contribution is -2.47. The minimum absolute atomic E-state index is 0.0879. The summed E-state index contributed by atoms with van der Waals surface area (Å²) >= 11 is 3.51. The Hall–Kier alpha value is -5.36. The van der Waals surface area contributed by atoms with E-state index in [-0.39, 0.29) is 43.0 Å². The van der Waals surface area contributed by atoms with E-state index in [1.807, 2.05) is 80.1 Å². The lowest BCUT2D eigenvalue weighted by molar-refractivity contribution is 0.0610. The third-order valence-corrected chi connectivity index (χ3v) is 9.76. The van der Waals surface area contributed by atoms with Gasteiger partial charge in [-0.15, -0.1) is 0 Å². The second kappa shape index (κ2) is 12.7. The molecule has 48 heavy (non-hydrogen) atoms. The highest BCUT2D eigenvalue weighted by Crippen LogP contribution is 2.27. The maximum absolute atomic E-state index is 14.3. The fraction of sp³-hybridized carbons (Fsp3) is 0.222. The molecule has 3 aromatic heterocycles. The van der Waals surface area contributed by atoms with E-state index in [4.69, 9.17) is 0 Å². The monoisotopic (exact) mass is 704 g/mol. The van der Waals surface area contributed by atoms with Crippen molar-refractivity contribution in [3.05, 3.63) is 128 Å². The smallest absolute Gasteiger partial charge is 0.333 e. The third kappa shape index (κ3) is 5.51. The number of hydrogen-bond acceptors (Lipinski definition) is 6. The molecule has 4 heterocycles. The van der Waals surface area contributed by atoms with Crippen molar-refractivity contribution in [2.45, 2.75) is 53.0 Å². The number of benzene rings is 3. The van der Waals surface area contributed by atoms with Gasteiger partial charge in [-0.2, -0.15) is 5.10 Å². The number of aryl methyl sites for hydroxylation is 2. The van der Waals surface area contributed by atoms with E-state index in [0.717, 1.165) is 32.1 Å². The maximum Gasteiger partial charge on any atom is 0.333 e. The molecular weight excluding hydrogens is 672 g/mol. The first kappa shape index (κ1) is 31.3. The van der Waals surface area contributed by atoms with Crippen LogP contribution in [-0.4, -0.2) is 51.6 Å². The first-order valence-corrected chi connectivity index (χ1v) is 16.6. The minimum Gasteiger partial charge on any atom is -0.347 e. The van der Waals surface area contributed by atoms with Gasteiger partial charge in [-0.05, 0) is 74.4 Å². The lowest BCUT2D eigenvalue weighted by atomic mass is 10.1. The van der Waals surface area contributed by atoms with E-state index in [2.05, 4.69) is 36.3 Å². The number of amides is 2. The first-order chi connectivity index (χ1) is 23.2. The van der Waals surface area contributed by atoms with Crippen LogP contribution >= 0.6 is 15.9 Å². The molecule has 2 amide bonds. The molecule has 6 aromatic rings. The number of halogens is 1. The number of carbonyl (C=O) groups excluding carboxylic acids is 2. The predicted molar refractivity (Wildman–Crippen MR) is 186 cm³/mol. The largest absolute Gasteiger partial charge is 0.347 e. The second-order valence-electron chi connectivity index (χ2n) is 11.9. The van der Waals surface area contributed by atoms with Gasteiger partial charge in [0.2, 0.25) is 0 Å². The Labute approximate surface area is 285 Å². The van der Waals surface area contributed by atoms with Gasteiger partial charge in [0, 0.05) is 59.1 Å². The van der Waals surface area contributed by atoms with Crippen molar-refractivity contribution in [1.82, 2.24) is 39.1 Å². The average molecular weight is 706 g/mol. The molecule has 0 radical (unpaired) electrons. The lowest BCUT2D eigenvalue weighted by Gasteiger charge is -2.34. The van der Waals surface area contributed by atoms with Crippen LogP contribution in [-0.2, 0) is 26.2 Å². The van der Waals surface area contributed by atoms with Gasteiger partial charge in [0.25, 0.3) is 11.8 Å². The average Bonchev–Trinajstić information content (AvgIpc) is 3.65. The minimum atomic E-state index is -0.435. The molecule has 12 heteroatoms. The molecule has 3 aromatic carbocycles.